The predicted molar refractivity (Wildman–Crippen MR) is 70.5 cm³/mol. The smallest absolute Gasteiger partial charge is 0.304 e. The van der Waals surface area contributed by atoms with E-state index in [0.29, 0.717) is 13.0 Å². The van der Waals surface area contributed by atoms with E-state index in [-0.39, 0.29) is 11.5 Å². The number of aryl methyl sites for hydroxylation is 2. The molecule has 0 radical (unpaired) electrons. The fraction of sp³-hybridized carbons (Fsp3) is 0.143. The maximum absolute atomic E-state index is 12.8. The van der Waals surface area contributed by atoms with Crippen molar-refractivity contribution in [2.45, 2.75) is 13.0 Å². The molecule has 3 rings (SSSR count). The number of benzene rings is 1. The Bertz CT molecular complexity index is 758. The van der Waals surface area contributed by atoms with Crippen LogP contribution >= 0.6 is 0 Å². The minimum absolute atomic E-state index is 0.148. The van der Waals surface area contributed by atoms with Crippen molar-refractivity contribution in [2.24, 2.45) is 0 Å². The second-order valence-electron chi connectivity index (χ2n) is 4.35. The van der Waals surface area contributed by atoms with Gasteiger partial charge in [-0.05, 0) is 30.2 Å². The van der Waals surface area contributed by atoms with Crippen LogP contribution in [0.4, 0.5) is 4.39 Å². The van der Waals surface area contributed by atoms with E-state index in [1.807, 2.05) is 0 Å². The standard InChI is InChI=1S/C14H12FN3O/c15-11-3-1-10(2-4-11)6-8-18-13-5-7-16-9-12(13)17-14(18)19/h1-5,7,9H,6,8H2,(H,17,19). The third-order valence-corrected chi connectivity index (χ3v) is 3.11. The van der Waals surface area contributed by atoms with Crippen molar-refractivity contribution in [1.82, 2.24) is 14.5 Å². The lowest BCUT2D eigenvalue weighted by Gasteiger charge is -2.03. The number of aromatic nitrogens is 3. The number of pyridine rings is 1. The minimum atomic E-state index is -0.251. The van der Waals surface area contributed by atoms with Crippen molar-refractivity contribution in [2.75, 3.05) is 0 Å². The molecule has 0 spiro atoms. The molecule has 1 N–H and O–H groups in total. The highest BCUT2D eigenvalue weighted by atomic mass is 19.1. The molecule has 5 heteroatoms. The van der Waals surface area contributed by atoms with Crippen molar-refractivity contribution >= 4 is 11.0 Å². The van der Waals surface area contributed by atoms with Crippen molar-refractivity contribution in [1.29, 1.82) is 0 Å². The molecule has 96 valence electrons. The summed E-state index contributed by atoms with van der Waals surface area (Å²) in [7, 11) is 0. The zero-order chi connectivity index (χ0) is 13.2. The predicted octanol–water partition coefficient (Wildman–Crippen LogP) is 2.11. The summed E-state index contributed by atoms with van der Waals surface area (Å²) in [6, 6.07) is 8.12. The second-order valence-corrected chi connectivity index (χ2v) is 4.35. The van der Waals surface area contributed by atoms with Crippen molar-refractivity contribution < 1.29 is 4.39 Å². The van der Waals surface area contributed by atoms with Gasteiger partial charge in [-0.15, -0.1) is 0 Å². The molecule has 0 atom stereocenters. The Hall–Kier alpha value is -2.43. The zero-order valence-corrected chi connectivity index (χ0v) is 10.1. The summed E-state index contributed by atoms with van der Waals surface area (Å²) in [5, 5.41) is 0. The summed E-state index contributed by atoms with van der Waals surface area (Å²) in [5.74, 6) is -0.251. The van der Waals surface area contributed by atoms with Crippen LogP contribution in [0, 0.1) is 5.82 Å². The van der Waals surface area contributed by atoms with Crippen LogP contribution in [0.2, 0.25) is 0 Å². The molecule has 0 unspecified atom stereocenters. The zero-order valence-electron chi connectivity index (χ0n) is 10.1. The van der Waals surface area contributed by atoms with Gasteiger partial charge in [-0.1, -0.05) is 12.1 Å². The van der Waals surface area contributed by atoms with E-state index in [4.69, 9.17) is 0 Å². The highest BCUT2D eigenvalue weighted by Gasteiger charge is 2.06. The molecule has 0 aliphatic carbocycles. The van der Waals surface area contributed by atoms with Gasteiger partial charge in [0, 0.05) is 12.7 Å². The van der Waals surface area contributed by atoms with Gasteiger partial charge >= 0.3 is 5.69 Å². The third-order valence-electron chi connectivity index (χ3n) is 3.11. The normalized spacial score (nSPS) is 11.0. The van der Waals surface area contributed by atoms with E-state index in [1.54, 1.807) is 35.2 Å². The van der Waals surface area contributed by atoms with Gasteiger partial charge in [0.25, 0.3) is 0 Å². The van der Waals surface area contributed by atoms with Gasteiger partial charge < -0.3 is 4.98 Å². The summed E-state index contributed by atoms with van der Waals surface area (Å²) in [6.45, 7) is 0.550. The number of hydrogen-bond donors (Lipinski definition) is 1. The molecule has 2 heterocycles. The Morgan fingerprint density at radius 3 is 2.79 bits per heavy atom. The number of halogens is 1. The highest BCUT2D eigenvalue weighted by molar-refractivity contribution is 5.73. The molecule has 0 bridgehead atoms. The number of fused-ring (bicyclic) bond motifs is 1. The number of nitrogens with one attached hydrogen (secondary N) is 1. The highest BCUT2D eigenvalue weighted by Crippen LogP contribution is 2.09. The van der Waals surface area contributed by atoms with E-state index in [1.165, 1.54) is 12.1 Å². The first-order valence-electron chi connectivity index (χ1n) is 6.01. The molecule has 0 saturated heterocycles. The maximum Gasteiger partial charge on any atom is 0.326 e. The Morgan fingerprint density at radius 2 is 2.00 bits per heavy atom. The van der Waals surface area contributed by atoms with Gasteiger partial charge in [-0.3, -0.25) is 9.55 Å². The molecule has 0 saturated carbocycles. The Balaban J connectivity index is 1.87. The number of imidazole rings is 1. The quantitative estimate of drug-likeness (QED) is 0.781. The van der Waals surface area contributed by atoms with Crippen LogP contribution in [-0.2, 0) is 13.0 Å². The topological polar surface area (TPSA) is 50.7 Å². The van der Waals surface area contributed by atoms with Gasteiger partial charge in [0.1, 0.15) is 5.82 Å². The minimum Gasteiger partial charge on any atom is -0.304 e. The van der Waals surface area contributed by atoms with Gasteiger partial charge in [0.2, 0.25) is 0 Å². The van der Waals surface area contributed by atoms with Gasteiger partial charge in [0.15, 0.2) is 0 Å². The molecule has 0 aliphatic heterocycles. The number of hydrogen-bond acceptors (Lipinski definition) is 2. The number of H-pyrrole nitrogens is 1. The summed E-state index contributed by atoms with van der Waals surface area (Å²) in [6.07, 6.45) is 3.96. The molecule has 3 aromatic rings. The first-order chi connectivity index (χ1) is 9.24. The lowest BCUT2D eigenvalue weighted by atomic mass is 10.1. The van der Waals surface area contributed by atoms with Crippen LogP contribution in [0.15, 0.2) is 47.5 Å². The third kappa shape index (κ3) is 2.27. The maximum atomic E-state index is 12.8. The molecule has 1 aromatic carbocycles. The lowest BCUT2D eigenvalue weighted by molar-refractivity contribution is 0.625. The van der Waals surface area contributed by atoms with Gasteiger partial charge in [-0.2, -0.15) is 0 Å². The second kappa shape index (κ2) is 4.68. The largest absolute Gasteiger partial charge is 0.326 e. The Morgan fingerprint density at radius 1 is 1.21 bits per heavy atom. The summed E-state index contributed by atoms with van der Waals surface area (Å²) < 4.78 is 14.5. The lowest BCUT2D eigenvalue weighted by Crippen LogP contribution is -2.17. The van der Waals surface area contributed by atoms with Crippen LogP contribution in [0.1, 0.15) is 5.56 Å². The Labute approximate surface area is 108 Å². The van der Waals surface area contributed by atoms with E-state index < -0.39 is 0 Å². The average Bonchev–Trinajstić information content (AvgIpc) is 2.74. The molecule has 0 amide bonds. The van der Waals surface area contributed by atoms with E-state index in [2.05, 4.69) is 9.97 Å². The molecule has 4 nitrogen and oxygen atoms in total. The van der Waals surface area contributed by atoms with Gasteiger partial charge in [-0.25, -0.2) is 9.18 Å². The van der Waals surface area contributed by atoms with Crippen LogP contribution in [-0.4, -0.2) is 14.5 Å². The molecule has 19 heavy (non-hydrogen) atoms. The number of aromatic amines is 1. The summed E-state index contributed by atoms with van der Waals surface area (Å²) in [4.78, 5) is 18.6. The molecule has 0 fully saturated rings. The van der Waals surface area contributed by atoms with Crippen LogP contribution in [0.5, 0.6) is 0 Å². The summed E-state index contributed by atoms with van der Waals surface area (Å²) in [5.41, 5.74) is 2.41. The van der Waals surface area contributed by atoms with Gasteiger partial charge in [0.05, 0.1) is 17.2 Å². The summed E-state index contributed by atoms with van der Waals surface area (Å²) >= 11 is 0. The number of nitrogens with zero attached hydrogens (tertiary/aromatic N) is 2. The van der Waals surface area contributed by atoms with Crippen LogP contribution in [0.25, 0.3) is 11.0 Å². The fourth-order valence-corrected chi connectivity index (χ4v) is 2.12. The Kier molecular flexibility index (Phi) is 2.87. The molecular formula is C14H12FN3O. The molecular weight excluding hydrogens is 245 g/mol. The van der Waals surface area contributed by atoms with Crippen molar-refractivity contribution in [3.63, 3.8) is 0 Å². The van der Waals surface area contributed by atoms with E-state index in [9.17, 15) is 9.18 Å². The SMILES string of the molecule is O=c1[nH]c2cnccc2n1CCc1ccc(F)cc1. The molecule has 2 aromatic heterocycles. The molecule has 0 aliphatic rings. The average molecular weight is 257 g/mol. The van der Waals surface area contributed by atoms with Crippen LogP contribution in [0.3, 0.4) is 0 Å². The first-order valence-corrected chi connectivity index (χ1v) is 6.01. The first kappa shape index (κ1) is 11.6. The van der Waals surface area contributed by atoms with Crippen LogP contribution < -0.4 is 5.69 Å². The monoisotopic (exact) mass is 257 g/mol. The van der Waals surface area contributed by atoms with E-state index >= 15 is 0 Å². The van der Waals surface area contributed by atoms with E-state index in [0.717, 1.165) is 16.6 Å². The fourth-order valence-electron chi connectivity index (χ4n) is 2.12. The van der Waals surface area contributed by atoms with Crippen molar-refractivity contribution in [3.05, 3.63) is 64.6 Å². The van der Waals surface area contributed by atoms with Crippen molar-refractivity contribution in [3.8, 4) is 0 Å². The number of rotatable bonds is 3.